The van der Waals surface area contributed by atoms with E-state index in [-0.39, 0.29) is 17.4 Å². The zero-order valence-corrected chi connectivity index (χ0v) is 20.4. The van der Waals surface area contributed by atoms with E-state index in [1.165, 1.54) is 10.4 Å². The number of hydrogen-bond donors (Lipinski definition) is 0. The summed E-state index contributed by atoms with van der Waals surface area (Å²) in [6.07, 6.45) is 0. The Labute approximate surface area is 185 Å². The van der Waals surface area contributed by atoms with Gasteiger partial charge in [-0.1, -0.05) is 81.4 Å². The summed E-state index contributed by atoms with van der Waals surface area (Å²) in [7, 11) is -0.918. The van der Waals surface area contributed by atoms with E-state index in [9.17, 15) is 8.42 Å². The fourth-order valence-corrected chi connectivity index (χ4v) is 8.55. The molecule has 166 valence electrons. The molecule has 0 atom stereocenters. The van der Waals surface area contributed by atoms with Gasteiger partial charge in [-0.2, -0.15) is 0 Å². The third-order valence-corrected chi connectivity index (χ3v) is 11.0. The van der Waals surface area contributed by atoms with E-state index in [1.807, 2.05) is 12.1 Å². The van der Waals surface area contributed by atoms with E-state index in [4.69, 9.17) is 24.6 Å². The highest BCUT2D eigenvalue weighted by atomic mass is 35.7. The molecular formula is C22H31ClO5SSi. The summed E-state index contributed by atoms with van der Waals surface area (Å²) in [5.74, 6) is -0.203. The average molecular weight is 471 g/mol. The van der Waals surface area contributed by atoms with Crippen LogP contribution in [-0.4, -0.2) is 55.5 Å². The zero-order valence-electron chi connectivity index (χ0n) is 17.8. The van der Waals surface area contributed by atoms with Crippen LogP contribution in [0, 0.1) is 0 Å². The van der Waals surface area contributed by atoms with Gasteiger partial charge in [0.2, 0.25) is 9.05 Å². The molecule has 0 aliphatic heterocycles. The first-order valence-corrected chi connectivity index (χ1v) is 14.4. The molecule has 0 N–H and O–H groups in total. The molecule has 0 spiro atoms. The molecule has 2 aromatic rings. The Kier molecular flexibility index (Phi) is 9.52. The van der Waals surface area contributed by atoms with E-state index >= 15 is 0 Å². The smallest absolute Gasteiger partial charge is 0.261 e. The van der Waals surface area contributed by atoms with Gasteiger partial charge < -0.3 is 13.9 Å². The first-order chi connectivity index (χ1) is 14.2. The van der Waals surface area contributed by atoms with Crippen LogP contribution in [0.2, 0.25) is 5.04 Å². The minimum absolute atomic E-state index is 0.0633. The molecule has 5 nitrogen and oxygen atoms in total. The van der Waals surface area contributed by atoms with Crippen molar-refractivity contribution in [3.05, 3.63) is 60.7 Å². The molecule has 2 rings (SSSR count). The molecule has 0 bridgehead atoms. The maximum Gasteiger partial charge on any atom is 0.261 e. The van der Waals surface area contributed by atoms with Gasteiger partial charge >= 0.3 is 0 Å². The van der Waals surface area contributed by atoms with Gasteiger partial charge in [0.1, 0.15) is 0 Å². The lowest BCUT2D eigenvalue weighted by atomic mass is 10.2. The number of halogens is 1. The van der Waals surface area contributed by atoms with Gasteiger partial charge in [-0.15, -0.1) is 0 Å². The van der Waals surface area contributed by atoms with E-state index in [1.54, 1.807) is 0 Å². The van der Waals surface area contributed by atoms with Crippen LogP contribution in [0.4, 0.5) is 0 Å². The lowest BCUT2D eigenvalue weighted by Crippen LogP contribution is -2.66. The molecule has 0 aliphatic rings. The Bertz CT molecular complexity index is 815. The van der Waals surface area contributed by atoms with Crippen molar-refractivity contribution >= 4 is 38.4 Å². The molecule has 8 heteroatoms. The van der Waals surface area contributed by atoms with E-state index in [0.717, 1.165) is 0 Å². The summed E-state index contributed by atoms with van der Waals surface area (Å²) in [6.45, 7) is 8.34. The molecule has 0 fully saturated rings. The molecule has 0 unspecified atom stereocenters. The number of ether oxygens (including phenoxy) is 2. The molecule has 0 saturated heterocycles. The average Bonchev–Trinajstić information content (AvgIpc) is 2.69. The first-order valence-electron chi connectivity index (χ1n) is 10.00. The fraction of sp³-hybridized carbons (Fsp3) is 0.455. The van der Waals surface area contributed by atoms with Crippen LogP contribution in [0.25, 0.3) is 0 Å². The summed E-state index contributed by atoms with van der Waals surface area (Å²) in [5.41, 5.74) is 0. The molecule has 0 amide bonds. The van der Waals surface area contributed by atoms with Gasteiger partial charge in [0, 0.05) is 10.7 Å². The highest BCUT2D eigenvalue weighted by molar-refractivity contribution is 8.13. The van der Waals surface area contributed by atoms with Gasteiger partial charge in [-0.25, -0.2) is 8.42 Å². The lowest BCUT2D eigenvalue weighted by Gasteiger charge is -2.43. The van der Waals surface area contributed by atoms with Crippen molar-refractivity contribution in [3.63, 3.8) is 0 Å². The Morgan fingerprint density at radius 1 is 0.767 bits per heavy atom. The molecular weight excluding hydrogens is 440 g/mol. The molecule has 30 heavy (non-hydrogen) atoms. The van der Waals surface area contributed by atoms with Gasteiger partial charge in [0.15, 0.2) is 0 Å². The molecule has 0 heterocycles. The number of hydrogen-bond acceptors (Lipinski definition) is 5. The summed E-state index contributed by atoms with van der Waals surface area (Å²) < 4.78 is 39.3. The predicted octanol–water partition coefficient (Wildman–Crippen LogP) is 3.16. The second-order valence-electron chi connectivity index (χ2n) is 7.98. The first kappa shape index (κ1) is 25.0. The zero-order chi connectivity index (χ0) is 22.1. The van der Waals surface area contributed by atoms with Gasteiger partial charge in [0.25, 0.3) is 8.32 Å². The number of rotatable bonds is 12. The Balaban J connectivity index is 2.00. The van der Waals surface area contributed by atoms with Crippen LogP contribution < -0.4 is 10.4 Å². The molecule has 0 aliphatic carbocycles. The fourth-order valence-electron chi connectivity index (χ4n) is 3.50. The predicted molar refractivity (Wildman–Crippen MR) is 125 cm³/mol. The van der Waals surface area contributed by atoms with Crippen LogP contribution in [-0.2, 0) is 23.0 Å². The second kappa shape index (κ2) is 11.4. The number of benzene rings is 2. The Morgan fingerprint density at radius 2 is 1.20 bits per heavy atom. The SMILES string of the molecule is CC(C)(C)[Si](OCCOCCOCCS(=O)(=O)Cl)(c1ccccc1)c1ccccc1. The van der Waals surface area contributed by atoms with Crippen LogP contribution >= 0.6 is 10.7 Å². The largest absolute Gasteiger partial charge is 0.405 e. The van der Waals surface area contributed by atoms with Crippen molar-refractivity contribution in [3.8, 4) is 0 Å². The van der Waals surface area contributed by atoms with E-state index in [0.29, 0.717) is 26.4 Å². The highest BCUT2D eigenvalue weighted by Crippen LogP contribution is 2.36. The quantitative estimate of drug-likeness (QED) is 0.271. The lowest BCUT2D eigenvalue weighted by molar-refractivity contribution is 0.0397. The van der Waals surface area contributed by atoms with Crippen molar-refractivity contribution in [1.29, 1.82) is 0 Å². The molecule has 0 aromatic heterocycles. The van der Waals surface area contributed by atoms with Crippen molar-refractivity contribution in [2.75, 3.05) is 38.8 Å². The van der Waals surface area contributed by atoms with Crippen molar-refractivity contribution in [2.45, 2.75) is 25.8 Å². The van der Waals surface area contributed by atoms with Crippen LogP contribution in [0.3, 0.4) is 0 Å². The minimum Gasteiger partial charge on any atom is -0.405 e. The van der Waals surface area contributed by atoms with Crippen LogP contribution in [0.15, 0.2) is 60.7 Å². The van der Waals surface area contributed by atoms with E-state index in [2.05, 4.69) is 69.3 Å². The monoisotopic (exact) mass is 470 g/mol. The van der Waals surface area contributed by atoms with Gasteiger partial charge in [-0.05, 0) is 15.4 Å². The molecule has 2 aromatic carbocycles. The maximum atomic E-state index is 10.9. The molecule has 0 saturated carbocycles. The third kappa shape index (κ3) is 7.18. The van der Waals surface area contributed by atoms with Crippen molar-refractivity contribution in [2.24, 2.45) is 0 Å². The Hall–Kier alpha value is -1.22. The maximum absolute atomic E-state index is 10.9. The minimum atomic E-state index is -3.52. The summed E-state index contributed by atoms with van der Waals surface area (Å²) >= 11 is 0. The summed E-state index contributed by atoms with van der Waals surface area (Å²) in [6, 6.07) is 20.9. The summed E-state index contributed by atoms with van der Waals surface area (Å²) in [4.78, 5) is 0. The standard InChI is InChI=1S/C22H31ClO5SSi/c1-22(2,3)30(20-10-6-4-7-11-20,21-12-8-5-9-13-21)28-17-16-26-14-15-27-18-19-29(23,24)25/h4-13H,14-19H2,1-3H3. The third-order valence-electron chi connectivity index (χ3n) is 4.81. The van der Waals surface area contributed by atoms with Crippen LogP contribution in [0.1, 0.15) is 20.8 Å². The van der Waals surface area contributed by atoms with Gasteiger partial charge in [-0.3, -0.25) is 0 Å². The van der Waals surface area contributed by atoms with Crippen LogP contribution in [0.5, 0.6) is 0 Å². The Morgan fingerprint density at radius 3 is 1.63 bits per heavy atom. The normalized spacial score (nSPS) is 12.8. The van der Waals surface area contributed by atoms with Crippen molar-refractivity contribution in [1.82, 2.24) is 0 Å². The highest BCUT2D eigenvalue weighted by Gasteiger charge is 2.49. The molecule has 0 radical (unpaired) electrons. The van der Waals surface area contributed by atoms with Crippen molar-refractivity contribution < 1.29 is 22.3 Å². The van der Waals surface area contributed by atoms with Gasteiger partial charge in [0.05, 0.1) is 38.8 Å². The summed E-state index contributed by atoms with van der Waals surface area (Å²) in [5, 5.41) is 2.38. The van der Waals surface area contributed by atoms with E-state index < -0.39 is 17.4 Å². The topological polar surface area (TPSA) is 61.8 Å². The second-order valence-corrected chi connectivity index (χ2v) is 15.2.